The molecule has 1 aliphatic carbocycles. The number of hydrogen-bond donors (Lipinski definition) is 0. The van der Waals surface area contributed by atoms with Crippen molar-refractivity contribution in [3.05, 3.63) is 94.9 Å². The van der Waals surface area contributed by atoms with Gasteiger partial charge in [-0.15, -0.1) is 0 Å². The monoisotopic (exact) mass is 634 g/mol. The van der Waals surface area contributed by atoms with Crippen molar-refractivity contribution in [1.29, 1.82) is 0 Å². The predicted molar refractivity (Wildman–Crippen MR) is 170 cm³/mol. The van der Waals surface area contributed by atoms with Gasteiger partial charge in [-0.3, -0.25) is 9.59 Å². The number of piperidine rings is 2. The molecular weight excluding hydrogens is 593 g/mol. The minimum Gasteiger partial charge on any atom is -0.335 e. The number of halogens is 3. The van der Waals surface area contributed by atoms with Crippen LogP contribution in [0.3, 0.4) is 0 Å². The van der Waals surface area contributed by atoms with Crippen molar-refractivity contribution in [3.8, 4) is 11.1 Å². The number of benzene rings is 2. The Kier molecular flexibility index (Phi) is 8.99. The van der Waals surface area contributed by atoms with Gasteiger partial charge in [-0.25, -0.2) is 4.79 Å². The van der Waals surface area contributed by atoms with Crippen LogP contribution in [0.15, 0.2) is 83.8 Å². The molecule has 3 atom stereocenters. The normalized spacial score (nSPS) is 23.0. The van der Waals surface area contributed by atoms with E-state index in [2.05, 4.69) is 0 Å². The van der Waals surface area contributed by atoms with E-state index in [1.807, 2.05) is 82.4 Å². The molecule has 0 N–H and O–H groups in total. The van der Waals surface area contributed by atoms with Crippen molar-refractivity contribution in [2.45, 2.75) is 69.8 Å². The Morgan fingerprint density at radius 2 is 1.59 bits per heavy atom. The van der Waals surface area contributed by atoms with E-state index in [1.54, 1.807) is 11.0 Å². The molecule has 7 nitrogen and oxygen atoms in total. The number of hydrogen-bond acceptors (Lipinski definition) is 3. The van der Waals surface area contributed by atoms with Gasteiger partial charge in [0.15, 0.2) is 0 Å². The fraction of sp³-hybridized carbons (Fsp3) is 0.472. The number of urea groups is 1. The van der Waals surface area contributed by atoms with E-state index >= 15 is 0 Å². The second kappa shape index (κ2) is 13.0. The van der Waals surface area contributed by atoms with E-state index in [0.717, 1.165) is 53.7 Å². The molecular formula is C36H41F3N4O3. The SMILES string of the molecule is CN(C(=O)C(F)(F)F)[C@@H]1CCN(C(=O)N2CC[C@@H](Cn3ccc(-c4ccccc4)cc3=O)C3(CCCC3)C2)[C@H](c2ccccc2)C1. The van der Waals surface area contributed by atoms with Crippen molar-refractivity contribution in [3.63, 3.8) is 0 Å². The Labute approximate surface area is 267 Å². The van der Waals surface area contributed by atoms with Gasteiger partial charge in [0.25, 0.3) is 5.56 Å². The van der Waals surface area contributed by atoms with Crippen molar-refractivity contribution in [1.82, 2.24) is 19.3 Å². The summed E-state index contributed by atoms with van der Waals surface area (Å²) in [6.07, 6.45) is 2.37. The Balaban J connectivity index is 1.19. The van der Waals surface area contributed by atoms with E-state index in [0.29, 0.717) is 19.6 Å². The molecule has 0 unspecified atom stereocenters. The van der Waals surface area contributed by atoms with Gasteiger partial charge in [-0.2, -0.15) is 13.2 Å². The zero-order valence-corrected chi connectivity index (χ0v) is 26.2. The molecule has 1 spiro atoms. The van der Waals surface area contributed by atoms with Crippen molar-refractivity contribution >= 4 is 11.9 Å². The first kappa shape index (κ1) is 31.9. The molecule has 6 rings (SSSR count). The van der Waals surface area contributed by atoms with Crippen LogP contribution in [-0.2, 0) is 11.3 Å². The first-order chi connectivity index (χ1) is 22.1. The molecule has 3 aliphatic rings. The Morgan fingerprint density at radius 3 is 2.24 bits per heavy atom. The zero-order valence-electron chi connectivity index (χ0n) is 26.2. The molecule has 3 fully saturated rings. The van der Waals surface area contributed by atoms with Gasteiger partial charge in [0, 0.05) is 51.5 Å². The molecule has 2 saturated heterocycles. The first-order valence-electron chi connectivity index (χ1n) is 16.3. The molecule has 2 aliphatic heterocycles. The summed E-state index contributed by atoms with van der Waals surface area (Å²) in [5, 5.41) is 0. The molecule has 1 aromatic heterocycles. The average Bonchev–Trinajstić information content (AvgIpc) is 3.54. The van der Waals surface area contributed by atoms with Crippen LogP contribution < -0.4 is 5.56 Å². The van der Waals surface area contributed by atoms with Crippen molar-refractivity contribution in [2.75, 3.05) is 26.7 Å². The number of alkyl halides is 3. The summed E-state index contributed by atoms with van der Waals surface area (Å²) >= 11 is 0. The van der Waals surface area contributed by atoms with Gasteiger partial charge >= 0.3 is 18.1 Å². The molecule has 2 aromatic carbocycles. The van der Waals surface area contributed by atoms with E-state index in [4.69, 9.17) is 0 Å². The standard InChI is InChI=1S/C36H41F3N4O3/c1-40(33(45)36(37,38)39)30-16-21-43(31(23-30)27-12-6-3-7-13-27)34(46)42-20-15-29(35(25-42)17-8-9-18-35)24-41-19-14-28(22-32(41)44)26-10-4-2-5-11-26/h2-7,10-14,19,22,29-31H,8-9,15-18,20-21,23-25H2,1H3/t29-,30+,31-/m0/s1. The van der Waals surface area contributed by atoms with Gasteiger partial charge in [-0.1, -0.05) is 73.5 Å². The van der Waals surface area contributed by atoms with E-state index in [-0.39, 0.29) is 42.3 Å². The lowest BCUT2D eigenvalue weighted by Crippen LogP contribution is -2.57. The number of nitrogens with zero attached hydrogens (tertiary/aromatic N) is 4. The fourth-order valence-electron chi connectivity index (χ4n) is 8.07. The molecule has 3 amide bonds. The third-order valence-electron chi connectivity index (χ3n) is 10.6. The van der Waals surface area contributed by atoms with Crippen LogP contribution in [0.4, 0.5) is 18.0 Å². The molecule has 46 heavy (non-hydrogen) atoms. The largest absolute Gasteiger partial charge is 0.471 e. The lowest BCUT2D eigenvalue weighted by atomic mass is 9.69. The van der Waals surface area contributed by atoms with Gasteiger partial charge in [-0.05, 0) is 66.2 Å². The van der Waals surface area contributed by atoms with Crippen LogP contribution in [0.5, 0.6) is 0 Å². The maximum absolute atomic E-state index is 14.3. The van der Waals surface area contributed by atoms with Crippen molar-refractivity contribution < 1.29 is 22.8 Å². The first-order valence-corrected chi connectivity index (χ1v) is 16.3. The molecule has 0 bridgehead atoms. The summed E-state index contributed by atoms with van der Waals surface area (Å²) in [6.45, 7) is 2.01. The molecule has 0 radical (unpaired) electrons. The van der Waals surface area contributed by atoms with Crippen LogP contribution in [-0.4, -0.2) is 70.1 Å². The highest BCUT2D eigenvalue weighted by atomic mass is 19.4. The second-order valence-electron chi connectivity index (χ2n) is 13.2. The number of amides is 3. The Bertz CT molecular complexity index is 1590. The lowest BCUT2D eigenvalue weighted by molar-refractivity contribution is -0.187. The topological polar surface area (TPSA) is 65.9 Å². The average molecular weight is 635 g/mol. The smallest absolute Gasteiger partial charge is 0.335 e. The maximum Gasteiger partial charge on any atom is 0.471 e. The summed E-state index contributed by atoms with van der Waals surface area (Å²) < 4.78 is 41.6. The van der Waals surface area contributed by atoms with Crippen LogP contribution in [0, 0.1) is 11.3 Å². The quantitative estimate of drug-likeness (QED) is 0.312. The van der Waals surface area contributed by atoms with E-state index < -0.39 is 24.2 Å². The third kappa shape index (κ3) is 6.44. The highest BCUT2D eigenvalue weighted by molar-refractivity contribution is 5.82. The molecule has 244 valence electrons. The Hall–Kier alpha value is -4.08. The molecule has 10 heteroatoms. The minimum atomic E-state index is -4.95. The summed E-state index contributed by atoms with van der Waals surface area (Å²) in [7, 11) is 1.20. The summed E-state index contributed by atoms with van der Waals surface area (Å²) in [5.74, 6) is -1.61. The summed E-state index contributed by atoms with van der Waals surface area (Å²) in [6, 6.07) is 21.7. The predicted octanol–water partition coefficient (Wildman–Crippen LogP) is 6.74. The zero-order chi connectivity index (χ0) is 32.5. The number of carbonyl (C=O) groups is 2. The second-order valence-corrected chi connectivity index (χ2v) is 13.2. The molecule has 1 saturated carbocycles. The van der Waals surface area contributed by atoms with Gasteiger partial charge in [0.05, 0.1) is 6.04 Å². The van der Waals surface area contributed by atoms with Gasteiger partial charge in [0.2, 0.25) is 0 Å². The maximum atomic E-state index is 14.3. The third-order valence-corrected chi connectivity index (χ3v) is 10.6. The summed E-state index contributed by atoms with van der Waals surface area (Å²) in [5.41, 5.74) is 2.62. The number of carbonyl (C=O) groups excluding carboxylic acids is 2. The van der Waals surface area contributed by atoms with Crippen LogP contribution in [0.25, 0.3) is 11.1 Å². The van der Waals surface area contributed by atoms with Crippen LogP contribution in [0.2, 0.25) is 0 Å². The van der Waals surface area contributed by atoms with Gasteiger partial charge < -0.3 is 19.3 Å². The van der Waals surface area contributed by atoms with Crippen molar-refractivity contribution in [2.24, 2.45) is 11.3 Å². The highest BCUT2D eigenvalue weighted by Gasteiger charge is 2.49. The summed E-state index contributed by atoms with van der Waals surface area (Å²) in [4.78, 5) is 44.1. The molecule has 3 aromatic rings. The molecule has 3 heterocycles. The number of pyridine rings is 1. The lowest BCUT2D eigenvalue weighted by Gasteiger charge is -2.50. The Morgan fingerprint density at radius 1 is 0.913 bits per heavy atom. The van der Waals surface area contributed by atoms with E-state index in [1.165, 1.54) is 7.05 Å². The fourth-order valence-corrected chi connectivity index (χ4v) is 8.07. The van der Waals surface area contributed by atoms with Crippen LogP contribution in [0.1, 0.15) is 56.6 Å². The number of likely N-dealkylation sites (tertiary alicyclic amines) is 2. The van der Waals surface area contributed by atoms with Gasteiger partial charge in [0.1, 0.15) is 0 Å². The van der Waals surface area contributed by atoms with E-state index in [9.17, 15) is 27.6 Å². The number of aromatic nitrogens is 1. The minimum absolute atomic E-state index is 0.0319. The van der Waals surface area contributed by atoms with Crippen LogP contribution >= 0.6 is 0 Å². The number of rotatable bonds is 5. The highest BCUT2D eigenvalue weighted by Crippen LogP contribution is 2.49.